The van der Waals surface area contributed by atoms with Gasteiger partial charge in [0, 0.05) is 13.1 Å². The number of aliphatic carboxylic acids is 1. The summed E-state index contributed by atoms with van der Waals surface area (Å²) in [6.07, 6.45) is 0. The van der Waals surface area contributed by atoms with E-state index < -0.39 is 27.2 Å². The third-order valence-corrected chi connectivity index (χ3v) is 5.14. The summed E-state index contributed by atoms with van der Waals surface area (Å²) in [5, 5.41) is 8.32. The minimum Gasteiger partial charge on any atom is -0.481 e. The van der Waals surface area contributed by atoms with Crippen molar-refractivity contribution in [2.75, 3.05) is 13.1 Å². The van der Waals surface area contributed by atoms with E-state index in [0.717, 1.165) is 0 Å². The van der Waals surface area contributed by atoms with E-state index in [1.165, 1.54) is 4.31 Å². The average molecular weight is 235 g/mol. The molecule has 0 aromatic heterocycles. The maximum atomic E-state index is 11.6. The molecule has 1 atom stereocenters. The predicted molar refractivity (Wildman–Crippen MR) is 55.9 cm³/mol. The van der Waals surface area contributed by atoms with Gasteiger partial charge in [0.05, 0.1) is 11.2 Å². The Kier molecular flexibility index (Phi) is 3.40. The second kappa shape index (κ2) is 4.09. The molecule has 1 unspecified atom stereocenters. The summed E-state index contributed by atoms with van der Waals surface area (Å²) in [7, 11) is -3.19. The van der Waals surface area contributed by atoms with Gasteiger partial charge in [0.25, 0.3) is 0 Å². The van der Waals surface area contributed by atoms with Crippen LogP contribution in [0, 0.1) is 11.8 Å². The minimum atomic E-state index is -3.19. The van der Waals surface area contributed by atoms with Crippen LogP contribution in [0.2, 0.25) is 0 Å². The summed E-state index contributed by atoms with van der Waals surface area (Å²) < 4.78 is 24.6. The molecule has 0 aromatic rings. The molecule has 1 rings (SSSR count). The number of hydrogen-bond acceptors (Lipinski definition) is 3. The van der Waals surface area contributed by atoms with Crippen molar-refractivity contribution < 1.29 is 18.3 Å². The van der Waals surface area contributed by atoms with Crippen molar-refractivity contribution in [2.24, 2.45) is 11.8 Å². The van der Waals surface area contributed by atoms with Gasteiger partial charge in [-0.05, 0) is 19.8 Å². The van der Waals surface area contributed by atoms with E-state index >= 15 is 0 Å². The highest BCUT2D eigenvalue weighted by molar-refractivity contribution is 7.89. The fourth-order valence-corrected chi connectivity index (χ4v) is 2.89. The van der Waals surface area contributed by atoms with Crippen LogP contribution in [0.3, 0.4) is 0 Å². The van der Waals surface area contributed by atoms with Crippen molar-refractivity contribution in [2.45, 2.75) is 26.0 Å². The van der Waals surface area contributed by atoms with Crippen molar-refractivity contribution in [1.82, 2.24) is 4.31 Å². The van der Waals surface area contributed by atoms with E-state index in [2.05, 4.69) is 0 Å². The lowest BCUT2D eigenvalue weighted by molar-refractivity contribution is -0.144. The number of carboxylic acid groups (broad SMARTS) is 1. The van der Waals surface area contributed by atoms with Gasteiger partial charge in [-0.3, -0.25) is 4.79 Å². The van der Waals surface area contributed by atoms with Gasteiger partial charge in [-0.1, -0.05) is 6.92 Å². The van der Waals surface area contributed by atoms with Crippen LogP contribution in [0.5, 0.6) is 0 Å². The van der Waals surface area contributed by atoms with Gasteiger partial charge in [0.1, 0.15) is 0 Å². The van der Waals surface area contributed by atoms with E-state index in [4.69, 9.17) is 5.11 Å². The molecule has 1 aliphatic rings. The molecule has 1 saturated heterocycles. The van der Waals surface area contributed by atoms with Crippen molar-refractivity contribution in [3.05, 3.63) is 0 Å². The molecule has 6 heteroatoms. The Bertz CT molecular complexity index is 343. The SMILES string of the molecule is CC(C(=O)O)C1CN(S(=O)(=O)C(C)C)C1. The van der Waals surface area contributed by atoms with E-state index in [1.54, 1.807) is 20.8 Å². The number of carboxylic acids is 1. The van der Waals surface area contributed by atoms with Gasteiger partial charge < -0.3 is 5.11 Å². The van der Waals surface area contributed by atoms with Gasteiger partial charge in [-0.25, -0.2) is 12.7 Å². The third kappa shape index (κ3) is 2.31. The zero-order chi connectivity index (χ0) is 11.8. The topological polar surface area (TPSA) is 74.7 Å². The van der Waals surface area contributed by atoms with Gasteiger partial charge in [0.15, 0.2) is 0 Å². The largest absolute Gasteiger partial charge is 0.481 e. The normalized spacial score (nSPS) is 21.3. The maximum absolute atomic E-state index is 11.6. The highest BCUT2D eigenvalue weighted by Gasteiger charge is 2.41. The van der Waals surface area contributed by atoms with Crippen LogP contribution >= 0.6 is 0 Å². The van der Waals surface area contributed by atoms with E-state index in [9.17, 15) is 13.2 Å². The first kappa shape index (κ1) is 12.4. The van der Waals surface area contributed by atoms with Crippen LogP contribution in [0.15, 0.2) is 0 Å². The Balaban J connectivity index is 2.55. The standard InChI is InChI=1S/C9H17NO4S/c1-6(2)15(13,14)10-4-8(5-10)7(3)9(11)12/h6-8H,4-5H2,1-3H3,(H,11,12). The second-order valence-electron chi connectivity index (χ2n) is 4.30. The van der Waals surface area contributed by atoms with E-state index in [1.807, 2.05) is 0 Å². The van der Waals surface area contributed by atoms with Crippen LogP contribution < -0.4 is 0 Å². The number of sulfonamides is 1. The van der Waals surface area contributed by atoms with E-state index in [-0.39, 0.29) is 5.92 Å². The molecule has 0 saturated carbocycles. The fraction of sp³-hybridized carbons (Fsp3) is 0.889. The minimum absolute atomic E-state index is 0.0453. The Labute approximate surface area is 90.1 Å². The van der Waals surface area contributed by atoms with Gasteiger partial charge in [-0.2, -0.15) is 0 Å². The van der Waals surface area contributed by atoms with Crippen LogP contribution in [-0.4, -0.2) is 42.1 Å². The first-order valence-electron chi connectivity index (χ1n) is 4.98. The number of carbonyl (C=O) groups is 1. The number of nitrogens with zero attached hydrogens (tertiary/aromatic N) is 1. The molecule has 1 heterocycles. The van der Waals surface area contributed by atoms with Crippen LogP contribution in [0.25, 0.3) is 0 Å². The monoisotopic (exact) mass is 235 g/mol. The summed E-state index contributed by atoms with van der Waals surface area (Å²) in [6, 6.07) is 0. The Morgan fingerprint density at radius 1 is 1.33 bits per heavy atom. The Morgan fingerprint density at radius 2 is 1.80 bits per heavy atom. The molecule has 1 fully saturated rings. The summed E-state index contributed by atoms with van der Waals surface area (Å²) >= 11 is 0. The third-order valence-electron chi connectivity index (χ3n) is 2.93. The lowest BCUT2D eigenvalue weighted by atomic mass is 9.89. The molecular formula is C9H17NO4S. The molecule has 0 spiro atoms. The highest BCUT2D eigenvalue weighted by atomic mass is 32.2. The molecule has 0 amide bonds. The zero-order valence-corrected chi connectivity index (χ0v) is 9.99. The van der Waals surface area contributed by atoms with Crippen molar-refractivity contribution in [3.8, 4) is 0 Å². The smallest absolute Gasteiger partial charge is 0.306 e. The van der Waals surface area contributed by atoms with Crippen LogP contribution in [0.1, 0.15) is 20.8 Å². The van der Waals surface area contributed by atoms with Crippen molar-refractivity contribution in [3.63, 3.8) is 0 Å². The van der Waals surface area contributed by atoms with Gasteiger partial charge in [0.2, 0.25) is 10.0 Å². The molecule has 15 heavy (non-hydrogen) atoms. The fourth-order valence-electron chi connectivity index (χ4n) is 1.49. The molecule has 1 aliphatic heterocycles. The summed E-state index contributed by atoms with van der Waals surface area (Å²) in [4.78, 5) is 10.7. The molecule has 0 bridgehead atoms. The molecule has 5 nitrogen and oxygen atoms in total. The van der Waals surface area contributed by atoms with Crippen LogP contribution in [0.4, 0.5) is 0 Å². The van der Waals surface area contributed by atoms with Crippen molar-refractivity contribution in [1.29, 1.82) is 0 Å². The maximum Gasteiger partial charge on any atom is 0.306 e. The molecule has 0 aliphatic carbocycles. The quantitative estimate of drug-likeness (QED) is 0.764. The predicted octanol–water partition coefficient (Wildman–Crippen LogP) is 0.377. The highest BCUT2D eigenvalue weighted by Crippen LogP contribution is 2.27. The lowest BCUT2D eigenvalue weighted by Crippen LogP contribution is -2.55. The summed E-state index contributed by atoms with van der Waals surface area (Å²) in [6.45, 7) is 5.56. The molecule has 1 N–H and O–H groups in total. The van der Waals surface area contributed by atoms with Gasteiger partial charge >= 0.3 is 5.97 Å². The molecule has 0 radical (unpaired) electrons. The summed E-state index contributed by atoms with van der Waals surface area (Å²) in [5.41, 5.74) is 0. The van der Waals surface area contributed by atoms with Crippen molar-refractivity contribution >= 4 is 16.0 Å². The first-order chi connectivity index (χ1) is 6.76. The number of hydrogen-bond donors (Lipinski definition) is 1. The summed E-state index contributed by atoms with van der Waals surface area (Å²) in [5.74, 6) is -1.37. The lowest BCUT2D eigenvalue weighted by Gasteiger charge is -2.40. The molecule has 0 aromatic carbocycles. The Hall–Kier alpha value is -0.620. The molecule has 88 valence electrons. The first-order valence-corrected chi connectivity index (χ1v) is 6.49. The van der Waals surface area contributed by atoms with Crippen LogP contribution in [-0.2, 0) is 14.8 Å². The average Bonchev–Trinajstić information content (AvgIpc) is 1.99. The van der Waals surface area contributed by atoms with Gasteiger partial charge in [-0.15, -0.1) is 0 Å². The zero-order valence-electron chi connectivity index (χ0n) is 9.17. The molecular weight excluding hydrogens is 218 g/mol. The van der Waals surface area contributed by atoms with E-state index in [0.29, 0.717) is 13.1 Å². The number of rotatable bonds is 4. The Morgan fingerprint density at radius 3 is 2.13 bits per heavy atom. The second-order valence-corrected chi connectivity index (χ2v) is 6.79.